The molecule has 1 amide bonds. The van der Waals surface area contributed by atoms with Crippen LogP contribution in [0.25, 0.3) is 0 Å². The highest BCUT2D eigenvalue weighted by Gasteiger charge is 2.06. The van der Waals surface area contributed by atoms with Crippen molar-refractivity contribution in [2.24, 2.45) is 0 Å². The average molecular weight is 312 g/mol. The summed E-state index contributed by atoms with van der Waals surface area (Å²) in [4.78, 5) is 12.0. The van der Waals surface area contributed by atoms with Crippen molar-refractivity contribution >= 4 is 11.6 Å². The zero-order chi connectivity index (χ0) is 16.3. The molecular formula is C19H24N2O2. The van der Waals surface area contributed by atoms with E-state index in [0.29, 0.717) is 25.3 Å². The predicted octanol–water partition coefficient (Wildman–Crippen LogP) is 3.25. The quantitative estimate of drug-likeness (QED) is 0.699. The lowest BCUT2D eigenvalue weighted by atomic mass is 10.1. The van der Waals surface area contributed by atoms with Crippen molar-refractivity contribution in [2.45, 2.75) is 19.8 Å². The summed E-state index contributed by atoms with van der Waals surface area (Å²) in [6.07, 6.45) is 1.41. The second kappa shape index (κ2) is 9.64. The summed E-state index contributed by atoms with van der Waals surface area (Å²) in [5.41, 5.74) is 2.03. The van der Waals surface area contributed by atoms with Crippen LogP contribution in [0.3, 0.4) is 0 Å². The van der Waals surface area contributed by atoms with Gasteiger partial charge in [-0.3, -0.25) is 4.79 Å². The highest BCUT2D eigenvalue weighted by molar-refractivity contribution is 5.92. The standard InChI is InChI=1S/C19H24N2O2/c1-2-23-18-11-7-6-10-17(18)21-19(22)13-15-20-14-12-16-8-4-3-5-9-16/h3-11,20H,2,12-15H2,1H3,(H,21,22). The van der Waals surface area contributed by atoms with E-state index in [1.54, 1.807) is 0 Å². The Morgan fingerprint density at radius 3 is 2.52 bits per heavy atom. The maximum atomic E-state index is 12.0. The minimum Gasteiger partial charge on any atom is -0.492 e. The minimum absolute atomic E-state index is 0.00985. The fraction of sp³-hybridized carbons (Fsp3) is 0.316. The normalized spacial score (nSPS) is 10.3. The van der Waals surface area contributed by atoms with E-state index in [0.717, 1.165) is 18.7 Å². The molecule has 0 heterocycles. The molecule has 0 aliphatic rings. The van der Waals surface area contributed by atoms with Crippen LogP contribution in [0, 0.1) is 0 Å². The molecular weight excluding hydrogens is 288 g/mol. The van der Waals surface area contributed by atoms with Gasteiger partial charge in [-0.05, 0) is 37.6 Å². The number of rotatable bonds is 9. The fourth-order valence-corrected chi connectivity index (χ4v) is 2.27. The summed E-state index contributed by atoms with van der Waals surface area (Å²) in [6.45, 7) is 4.03. The summed E-state index contributed by atoms with van der Waals surface area (Å²) >= 11 is 0. The van der Waals surface area contributed by atoms with Crippen LogP contribution in [-0.4, -0.2) is 25.6 Å². The van der Waals surface area contributed by atoms with Crippen LogP contribution in [0.2, 0.25) is 0 Å². The molecule has 0 aliphatic heterocycles. The highest BCUT2D eigenvalue weighted by Crippen LogP contribution is 2.23. The van der Waals surface area contributed by atoms with Gasteiger partial charge in [-0.15, -0.1) is 0 Å². The van der Waals surface area contributed by atoms with E-state index in [4.69, 9.17) is 4.74 Å². The Hall–Kier alpha value is -2.33. The van der Waals surface area contributed by atoms with Gasteiger partial charge in [0, 0.05) is 13.0 Å². The highest BCUT2D eigenvalue weighted by atomic mass is 16.5. The van der Waals surface area contributed by atoms with E-state index in [2.05, 4.69) is 22.8 Å². The second-order valence-electron chi connectivity index (χ2n) is 5.21. The third kappa shape index (κ3) is 6.12. The van der Waals surface area contributed by atoms with Gasteiger partial charge >= 0.3 is 0 Å². The SMILES string of the molecule is CCOc1ccccc1NC(=O)CCNCCc1ccccc1. The van der Waals surface area contributed by atoms with Crippen molar-refractivity contribution in [3.05, 3.63) is 60.2 Å². The Morgan fingerprint density at radius 1 is 1.00 bits per heavy atom. The maximum Gasteiger partial charge on any atom is 0.225 e. The number of hydrogen-bond acceptors (Lipinski definition) is 3. The Morgan fingerprint density at radius 2 is 1.74 bits per heavy atom. The van der Waals surface area contributed by atoms with E-state index in [1.807, 2.05) is 49.4 Å². The van der Waals surface area contributed by atoms with Crippen LogP contribution in [-0.2, 0) is 11.2 Å². The first-order valence-electron chi connectivity index (χ1n) is 8.06. The predicted molar refractivity (Wildman–Crippen MR) is 93.9 cm³/mol. The lowest BCUT2D eigenvalue weighted by Gasteiger charge is -2.11. The van der Waals surface area contributed by atoms with Gasteiger partial charge in [0.25, 0.3) is 0 Å². The summed E-state index contributed by atoms with van der Waals surface area (Å²) in [7, 11) is 0. The Bertz CT molecular complexity index is 599. The molecule has 4 nitrogen and oxygen atoms in total. The number of ether oxygens (including phenoxy) is 1. The van der Waals surface area contributed by atoms with Crippen molar-refractivity contribution in [2.75, 3.05) is 25.0 Å². The van der Waals surface area contributed by atoms with Crippen molar-refractivity contribution in [1.29, 1.82) is 0 Å². The first-order chi connectivity index (χ1) is 11.3. The molecule has 0 saturated heterocycles. The van der Waals surface area contributed by atoms with Crippen molar-refractivity contribution in [1.82, 2.24) is 5.32 Å². The molecule has 2 aromatic carbocycles. The average Bonchev–Trinajstić information content (AvgIpc) is 2.57. The Kier molecular flexibility index (Phi) is 7.14. The number of para-hydroxylation sites is 2. The van der Waals surface area contributed by atoms with Crippen LogP contribution in [0.1, 0.15) is 18.9 Å². The number of amides is 1. The molecule has 0 aliphatic carbocycles. The zero-order valence-electron chi connectivity index (χ0n) is 13.5. The third-order valence-corrected chi connectivity index (χ3v) is 3.42. The summed E-state index contributed by atoms with van der Waals surface area (Å²) < 4.78 is 5.50. The van der Waals surface area contributed by atoms with Crippen molar-refractivity contribution in [3.63, 3.8) is 0 Å². The number of benzene rings is 2. The van der Waals surface area contributed by atoms with Crippen LogP contribution >= 0.6 is 0 Å². The maximum absolute atomic E-state index is 12.0. The van der Waals surface area contributed by atoms with Crippen molar-refractivity contribution < 1.29 is 9.53 Å². The van der Waals surface area contributed by atoms with Gasteiger partial charge in [-0.25, -0.2) is 0 Å². The van der Waals surface area contributed by atoms with E-state index >= 15 is 0 Å². The minimum atomic E-state index is -0.00985. The zero-order valence-corrected chi connectivity index (χ0v) is 13.5. The van der Waals surface area contributed by atoms with Gasteiger partial charge < -0.3 is 15.4 Å². The van der Waals surface area contributed by atoms with Gasteiger partial charge in [0.2, 0.25) is 5.91 Å². The monoisotopic (exact) mass is 312 g/mol. The lowest BCUT2D eigenvalue weighted by Crippen LogP contribution is -2.23. The largest absolute Gasteiger partial charge is 0.492 e. The number of carbonyl (C=O) groups excluding carboxylic acids is 1. The lowest BCUT2D eigenvalue weighted by molar-refractivity contribution is -0.116. The number of anilines is 1. The van der Waals surface area contributed by atoms with E-state index < -0.39 is 0 Å². The molecule has 0 unspecified atom stereocenters. The van der Waals surface area contributed by atoms with Gasteiger partial charge in [0.05, 0.1) is 12.3 Å². The molecule has 0 fully saturated rings. The molecule has 0 atom stereocenters. The van der Waals surface area contributed by atoms with Crippen LogP contribution < -0.4 is 15.4 Å². The smallest absolute Gasteiger partial charge is 0.225 e. The molecule has 2 aromatic rings. The molecule has 0 aromatic heterocycles. The fourth-order valence-electron chi connectivity index (χ4n) is 2.27. The molecule has 4 heteroatoms. The molecule has 0 saturated carbocycles. The number of carbonyl (C=O) groups is 1. The first kappa shape index (κ1) is 17.0. The summed E-state index contributed by atoms with van der Waals surface area (Å²) in [6, 6.07) is 17.8. The molecule has 23 heavy (non-hydrogen) atoms. The van der Waals surface area contributed by atoms with E-state index in [-0.39, 0.29) is 5.91 Å². The van der Waals surface area contributed by atoms with Crippen LogP contribution in [0.15, 0.2) is 54.6 Å². The molecule has 2 N–H and O–H groups in total. The Labute approximate surface area is 137 Å². The van der Waals surface area contributed by atoms with Gasteiger partial charge in [0.15, 0.2) is 0 Å². The van der Waals surface area contributed by atoms with E-state index in [1.165, 1.54) is 5.56 Å². The van der Waals surface area contributed by atoms with E-state index in [9.17, 15) is 4.79 Å². The summed E-state index contributed by atoms with van der Waals surface area (Å²) in [5.74, 6) is 0.699. The topological polar surface area (TPSA) is 50.4 Å². The first-order valence-corrected chi connectivity index (χ1v) is 8.06. The molecule has 122 valence electrons. The van der Waals surface area contributed by atoms with Crippen molar-refractivity contribution in [3.8, 4) is 5.75 Å². The number of hydrogen-bond donors (Lipinski definition) is 2. The van der Waals surface area contributed by atoms with Crippen LogP contribution in [0.5, 0.6) is 5.75 Å². The van der Waals surface area contributed by atoms with Gasteiger partial charge in [-0.1, -0.05) is 42.5 Å². The molecule has 0 spiro atoms. The second-order valence-corrected chi connectivity index (χ2v) is 5.21. The third-order valence-electron chi connectivity index (χ3n) is 3.42. The van der Waals surface area contributed by atoms with Crippen LogP contribution in [0.4, 0.5) is 5.69 Å². The molecule has 0 bridgehead atoms. The summed E-state index contributed by atoms with van der Waals surface area (Å²) in [5, 5.41) is 6.20. The molecule has 0 radical (unpaired) electrons. The molecule has 2 rings (SSSR count). The number of nitrogens with one attached hydrogen (secondary N) is 2. The Balaban J connectivity index is 1.67. The van der Waals surface area contributed by atoms with Gasteiger partial charge in [0.1, 0.15) is 5.75 Å². The van der Waals surface area contributed by atoms with Gasteiger partial charge in [-0.2, -0.15) is 0 Å².